The molecule has 5 heteroatoms. The van der Waals surface area contributed by atoms with Crippen molar-refractivity contribution in [2.24, 2.45) is 5.73 Å². The maximum absolute atomic E-state index is 10.9. The number of aromatic nitrogens is 1. The fourth-order valence-corrected chi connectivity index (χ4v) is 1.54. The standard InChI is InChI=1S/C13H9N3O2/c14-7-10(12(15)17)6-9-5-8-3-1-2-4-11(8)16-13(9)18/h1-6H,(H2,15,17)(H,16,18). The Kier molecular flexibility index (Phi) is 2.94. The molecule has 1 aromatic carbocycles. The van der Waals surface area contributed by atoms with Crippen LogP contribution in [0.4, 0.5) is 0 Å². The Labute approximate surface area is 103 Å². The number of aromatic hydroxyl groups is 1. The first-order chi connectivity index (χ1) is 8.61. The van der Waals surface area contributed by atoms with Gasteiger partial charge in [0.25, 0.3) is 5.91 Å². The number of nitrogens with zero attached hydrogens (tertiary/aromatic N) is 2. The molecule has 2 rings (SSSR count). The number of benzene rings is 1. The summed E-state index contributed by atoms with van der Waals surface area (Å²) in [4.78, 5) is 14.9. The first kappa shape index (κ1) is 11.6. The third-order valence-electron chi connectivity index (χ3n) is 2.42. The topological polar surface area (TPSA) is 100 Å². The smallest absolute Gasteiger partial charge is 0.259 e. The molecule has 0 bridgehead atoms. The van der Waals surface area contributed by atoms with Crippen LogP contribution in [0.25, 0.3) is 17.0 Å². The molecule has 0 unspecified atom stereocenters. The fraction of sp³-hybridized carbons (Fsp3) is 0. The zero-order valence-electron chi connectivity index (χ0n) is 9.29. The van der Waals surface area contributed by atoms with E-state index in [0.717, 1.165) is 5.39 Å². The molecule has 2 aromatic rings. The highest BCUT2D eigenvalue weighted by atomic mass is 16.3. The van der Waals surface area contributed by atoms with E-state index in [9.17, 15) is 9.90 Å². The van der Waals surface area contributed by atoms with Gasteiger partial charge in [-0.15, -0.1) is 0 Å². The van der Waals surface area contributed by atoms with Crippen LogP contribution < -0.4 is 5.73 Å². The molecule has 0 atom stereocenters. The lowest BCUT2D eigenvalue weighted by Gasteiger charge is -2.02. The lowest BCUT2D eigenvalue weighted by atomic mass is 10.1. The Morgan fingerprint density at radius 3 is 2.83 bits per heavy atom. The lowest BCUT2D eigenvalue weighted by molar-refractivity contribution is -0.114. The van der Waals surface area contributed by atoms with Gasteiger partial charge in [0.15, 0.2) is 0 Å². The van der Waals surface area contributed by atoms with Crippen LogP contribution in [-0.2, 0) is 4.79 Å². The van der Waals surface area contributed by atoms with Crippen LogP contribution in [0.5, 0.6) is 5.88 Å². The Morgan fingerprint density at radius 2 is 2.17 bits per heavy atom. The van der Waals surface area contributed by atoms with Gasteiger partial charge in [-0.3, -0.25) is 4.79 Å². The highest BCUT2D eigenvalue weighted by Crippen LogP contribution is 2.23. The first-order valence-electron chi connectivity index (χ1n) is 5.12. The van der Waals surface area contributed by atoms with Gasteiger partial charge in [0, 0.05) is 10.9 Å². The number of fused-ring (bicyclic) bond motifs is 1. The SMILES string of the molecule is N#CC(=Cc1cc2ccccc2nc1O)C(N)=O. The molecule has 0 aliphatic carbocycles. The zero-order chi connectivity index (χ0) is 13.1. The molecule has 88 valence electrons. The fourth-order valence-electron chi connectivity index (χ4n) is 1.54. The van der Waals surface area contributed by atoms with Gasteiger partial charge < -0.3 is 10.8 Å². The van der Waals surface area contributed by atoms with Gasteiger partial charge in [-0.05, 0) is 18.2 Å². The Balaban J connectivity index is 2.62. The summed E-state index contributed by atoms with van der Waals surface area (Å²) in [5.41, 5.74) is 5.70. The molecular weight excluding hydrogens is 230 g/mol. The molecule has 0 saturated heterocycles. The number of para-hydroxylation sites is 1. The number of nitrogens with two attached hydrogens (primary N) is 1. The van der Waals surface area contributed by atoms with E-state index < -0.39 is 5.91 Å². The van der Waals surface area contributed by atoms with Crippen LogP contribution in [0.3, 0.4) is 0 Å². The minimum Gasteiger partial charge on any atom is -0.493 e. The van der Waals surface area contributed by atoms with Crippen molar-refractivity contribution in [2.45, 2.75) is 0 Å². The van der Waals surface area contributed by atoms with Crippen LogP contribution >= 0.6 is 0 Å². The summed E-state index contributed by atoms with van der Waals surface area (Å²) in [6, 6.07) is 10.5. The van der Waals surface area contributed by atoms with E-state index in [4.69, 9.17) is 11.0 Å². The molecule has 18 heavy (non-hydrogen) atoms. The summed E-state index contributed by atoms with van der Waals surface area (Å²) in [7, 11) is 0. The van der Waals surface area contributed by atoms with Crippen LogP contribution in [0.1, 0.15) is 5.56 Å². The van der Waals surface area contributed by atoms with E-state index in [0.29, 0.717) is 5.52 Å². The van der Waals surface area contributed by atoms with Crippen LogP contribution in [0.15, 0.2) is 35.9 Å². The second kappa shape index (κ2) is 4.55. The Bertz CT molecular complexity index is 699. The summed E-state index contributed by atoms with van der Waals surface area (Å²) < 4.78 is 0. The molecule has 1 heterocycles. The molecule has 1 aromatic heterocycles. The van der Waals surface area contributed by atoms with E-state index in [-0.39, 0.29) is 17.0 Å². The second-order valence-corrected chi connectivity index (χ2v) is 3.63. The third-order valence-corrected chi connectivity index (χ3v) is 2.42. The average Bonchev–Trinajstić information content (AvgIpc) is 2.35. The number of hydrogen-bond donors (Lipinski definition) is 2. The molecule has 0 radical (unpaired) electrons. The summed E-state index contributed by atoms with van der Waals surface area (Å²) in [5, 5.41) is 19.3. The number of amides is 1. The maximum Gasteiger partial charge on any atom is 0.259 e. The Hall–Kier alpha value is -2.87. The molecule has 5 nitrogen and oxygen atoms in total. The molecular formula is C13H9N3O2. The average molecular weight is 239 g/mol. The summed E-state index contributed by atoms with van der Waals surface area (Å²) >= 11 is 0. The number of carbonyl (C=O) groups excluding carboxylic acids is 1. The molecule has 0 fully saturated rings. The van der Waals surface area contributed by atoms with Crippen LogP contribution in [-0.4, -0.2) is 16.0 Å². The minimum atomic E-state index is -0.843. The van der Waals surface area contributed by atoms with E-state index in [1.807, 2.05) is 12.1 Å². The number of pyridine rings is 1. The van der Waals surface area contributed by atoms with Crippen molar-refractivity contribution >= 4 is 22.9 Å². The number of hydrogen-bond acceptors (Lipinski definition) is 4. The number of primary amides is 1. The van der Waals surface area contributed by atoms with E-state index in [2.05, 4.69) is 4.98 Å². The quantitative estimate of drug-likeness (QED) is 0.609. The number of carbonyl (C=O) groups is 1. The van der Waals surface area contributed by atoms with Crippen LogP contribution in [0, 0.1) is 11.3 Å². The molecule has 3 N–H and O–H groups in total. The van der Waals surface area contributed by atoms with Crippen molar-refractivity contribution in [1.29, 1.82) is 5.26 Å². The zero-order valence-corrected chi connectivity index (χ0v) is 9.29. The maximum atomic E-state index is 10.9. The highest BCUT2D eigenvalue weighted by molar-refractivity contribution is 6.01. The second-order valence-electron chi connectivity index (χ2n) is 3.63. The van der Waals surface area contributed by atoms with Gasteiger partial charge in [-0.1, -0.05) is 18.2 Å². The van der Waals surface area contributed by atoms with Crippen LogP contribution in [0.2, 0.25) is 0 Å². The largest absolute Gasteiger partial charge is 0.493 e. The van der Waals surface area contributed by atoms with Crippen molar-refractivity contribution in [3.05, 3.63) is 41.5 Å². The summed E-state index contributed by atoms with van der Waals surface area (Å²) in [5.74, 6) is -1.09. The molecule has 0 aliphatic heterocycles. The molecule has 1 amide bonds. The van der Waals surface area contributed by atoms with E-state index in [1.54, 1.807) is 24.3 Å². The highest BCUT2D eigenvalue weighted by Gasteiger charge is 2.08. The molecule has 0 spiro atoms. The minimum absolute atomic E-state index is 0.234. The number of rotatable bonds is 2. The summed E-state index contributed by atoms with van der Waals surface area (Å²) in [6.07, 6.45) is 1.22. The van der Waals surface area contributed by atoms with Crippen molar-refractivity contribution < 1.29 is 9.90 Å². The predicted molar refractivity (Wildman–Crippen MR) is 66.2 cm³/mol. The predicted octanol–water partition coefficient (Wildman–Crippen LogP) is 1.33. The van der Waals surface area contributed by atoms with Gasteiger partial charge in [0.1, 0.15) is 11.6 Å². The van der Waals surface area contributed by atoms with Gasteiger partial charge in [0.05, 0.1) is 5.52 Å². The van der Waals surface area contributed by atoms with E-state index in [1.165, 1.54) is 6.08 Å². The number of nitriles is 1. The monoisotopic (exact) mass is 239 g/mol. The van der Waals surface area contributed by atoms with Crippen molar-refractivity contribution in [3.63, 3.8) is 0 Å². The summed E-state index contributed by atoms with van der Waals surface area (Å²) in [6.45, 7) is 0. The van der Waals surface area contributed by atoms with Gasteiger partial charge in [0.2, 0.25) is 5.88 Å². The van der Waals surface area contributed by atoms with Crippen molar-refractivity contribution in [2.75, 3.05) is 0 Å². The Morgan fingerprint density at radius 1 is 1.44 bits per heavy atom. The van der Waals surface area contributed by atoms with Gasteiger partial charge in [-0.25, -0.2) is 4.98 Å². The van der Waals surface area contributed by atoms with Crippen molar-refractivity contribution in [1.82, 2.24) is 4.98 Å². The normalized spacial score (nSPS) is 11.2. The first-order valence-corrected chi connectivity index (χ1v) is 5.12. The lowest BCUT2D eigenvalue weighted by Crippen LogP contribution is -2.12. The van der Waals surface area contributed by atoms with Crippen molar-refractivity contribution in [3.8, 4) is 11.9 Å². The van der Waals surface area contributed by atoms with Gasteiger partial charge in [-0.2, -0.15) is 5.26 Å². The third kappa shape index (κ3) is 2.13. The molecule has 0 aliphatic rings. The van der Waals surface area contributed by atoms with Gasteiger partial charge >= 0.3 is 0 Å². The molecule has 0 saturated carbocycles. The van der Waals surface area contributed by atoms with E-state index >= 15 is 0 Å².